The Morgan fingerprint density at radius 2 is 1.64 bits per heavy atom. The van der Waals surface area contributed by atoms with Crippen molar-refractivity contribution in [2.45, 2.75) is 26.4 Å². The van der Waals surface area contributed by atoms with Crippen molar-refractivity contribution in [3.8, 4) is 5.75 Å². The van der Waals surface area contributed by atoms with Crippen LogP contribution in [0.25, 0.3) is 21.5 Å². The van der Waals surface area contributed by atoms with Crippen LogP contribution in [0.15, 0.2) is 66.7 Å². The molecule has 0 saturated heterocycles. The molecule has 0 spiro atoms. The molecule has 0 fully saturated rings. The third-order valence-electron chi connectivity index (χ3n) is 4.00. The van der Waals surface area contributed by atoms with Gasteiger partial charge >= 0.3 is 5.97 Å². The second kappa shape index (κ2) is 6.60. The number of benzene rings is 3. The van der Waals surface area contributed by atoms with Gasteiger partial charge in [0.2, 0.25) is 0 Å². The van der Waals surface area contributed by atoms with Crippen LogP contribution < -0.4 is 4.74 Å². The molecule has 0 aromatic heterocycles. The minimum atomic E-state index is -0.741. The minimum Gasteiger partial charge on any atom is -0.489 e. The number of carbonyl (C=O) groups excluding carboxylic acids is 1. The molecule has 0 aliphatic rings. The molecule has 0 N–H and O–H groups in total. The second-order valence-electron chi connectivity index (χ2n) is 6.89. The van der Waals surface area contributed by atoms with Crippen LogP contribution in [0.2, 0.25) is 0 Å². The summed E-state index contributed by atoms with van der Waals surface area (Å²) in [6.07, 6.45) is 0. The van der Waals surface area contributed by atoms with E-state index < -0.39 is 11.6 Å². The normalized spacial score (nSPS) is 11.5. The van der Waals surface area contributed by atoms with E-state index in [0.29, 0.717) is 5.57 Å². The number of fused-ring (bicyclic) bond motifs is 2. The van der Waals surface area contributed by atoms with Gasteiger partial charge in [0.25, 0.3) is 0 Å². The Bertz CT molecular complexity index is 954. The van der Waals surface area contributed by atoms with E-state index in [0.717, 1.165) is 16.5 Å². The molecule has 0 aliphatic carbocycles. The second-order valence-corrected chi connectivity index (χ2v) is 6.89. The quantitative estimate of drug-likeness (QED) is 0.362. The monoisotopic (exact) mass is 334 g/mol. The maximum absolute atomic E-state index is 11.8. The molecule has 3 nitrogen and oxygen atoms in total. The molecule has 0 unspecified atom stereocenters. The van der Waals surface area contributed by atoms with Crippen molar-refractivity contribution >= 4 is 27.5 Å². The van der Waals surface area contributed by atoms with Gasteiger partial charge in [-0.25, -0.2) is 4.79 Å². The topological polar surface area (TPSA) is 35.5 Å². The van der Waals surface area contributed by atoms with Crippen molar-refractivity contribution in [3.05, 3.63) is 66.7 Å². The van der Waals surface area contributed by atoms with Crippen molar-refractivity contribution in [1.29, 1.82) is 0 Å². The van der Waals surface area contributed by atoms with Crippen molar-refractivity contribution in [2.75, 3.05) is 6.61 Å². The van der Waals surface area contributed by atoms with E-state index in [9.17, 15) is 4.79 Å². The van der Waals surface area contributed by atoms with Gasteiger partial charge in [-0.1, -0.05) is 43.0 Å². The first-order valence-electron chi connectivity index (χ1n) is 8.29. The predicted molar refractivity (Wildman–Crippen MR) is 102 cm³/mol. The number of hydrogen-bond acceptors (Lipinski definition) is 3. The minimum absolute atomic E-state index is 0.262. The summed E-state index contributed by atoms with van der Waals surface area (Å²) in [5, 5.41) is 4.53. The van der Waals surface area contributed by atoms with Gasteiger partial charge in [0.15, 0.2) is 0 Å². The average Bonchev–Trinajstić information content (AvgIpc) is 2.57. The van der Waals surface area contributed by atoms with E-state index in [-0.39, 0.29) is 6.61 Å². The summed E-state index contributed by atoms with van der Waals surface area (Å²) in [5.74, 6) is 0.375. The molecule has 3 rings (SSSR count). The molecule has 0 atom stereocenters. The predicted octanol–water partition coefficient (Wildman–Crippen LogP) is 5.27. The number of esters is 1. The highest BCUT2D eigenvalue weighted by Gasteiger charge is 2.24. The van der Waals surface area contributed by atoms with E-state index in [1.54, 1.807) is 6.92 Å². The molecule has 0 amide bonds. The molecule has 0 aliphatic heterocycles. The highest BCUT2D eigenvalue weighted by molar-refractivity contribution is 6.00. The Hall–Kier alpha value is -2.81. The fourth-order valence-corrected chi connectivity index (χ4v) is 2.68. The van der Waals surface area contributed by atoms with Gasteiger partial charge < -0.3 is 9.47 Å². The van der Waals surface area contributed by atoms with Crippen molar-refractivity contribution in [3.63, 3.8) is 0 Å². The van der Waals surface area contributed by atoms with Crippen molar-refractivity contribution < 1.29 is 14.3 Å². The van der Waals surface area contributed by atoms with Crippen LogP contribution in [0.1, 0.15) is 20.8 Å². The van der Waals surface area contributed by atoms with Crippen molar-refractivity contribution in [1.82, 2.24) is 0 Å². The van der Waals surface area contributed by atoms with Gasteiger partial charge in [0.05, 0.1) is 0 Å². The molecule has 128 valence electrons. The average molecular weight is 334 g/mol. The number of hydrogen-bond donors (Lipinski definition) is 0. The summed E-state index contributed by atoms with van der Waals surface area (Å²) in [5.41, 5.74) is -0.362. The lowest BCUT2D eigenvalue weighted by molar-refractivity contribution is -0.154. The van der Waals surface area contributed by atoms with E-state index in [2.05, 4.69) is 36.9 Å². The van der Waals surface area contributed by atoms with Crippen LogP contribution in [0.5, 0.6) is 5.75 Å². The third kappa shape index (κ3) is 3.82. The Labute approximate surface area is 147 Å². The Kier molecular flexibility index (Phi) is 4.49. The number of carbonyl (C=O) groups is 1. The van der Waals surface area contributed by atoms with Gasteiger partial charge in [-0.3, -0.25) is 0 Å². The Morgan fingerprint density at radius 3 is 2.32 bits per heavy atom. The molecule has 0 saturated carbocycles. The number of rotatable bonds is 5. The molecule has 3 aromatic carbocycles. The van der Waals surface area contributed by atoms with Gasteiger partial charge in [-0.05, 0) is 55.1 Å². The molecular weight excluding hydrogens is 312 g/mol. The van der Waals surface area contributed by atoms with Crippen LogP contribution in [-0.4, -0.2) is 18.2 Å². The lowest BCUT2D eigenvalue weighted by Crippen LogP contribution is -2.35. The Morgan fingerprint density at radius 1 is 1.00 bits per heavy atom. The molecule has 3 aromatic rings. The van der Waals surface area contributed by atoms with Crippen LogP contribution in [-0.2, 0) is 9.53 Å². The van der Waals surface area contributed by atoms with Crippen molar-refractivity contribution in [2.24, 2.45) is 0 Å². The molecule has 0 heterocycles. The standard InChI is InChI=1S/C22H22O3/c1-15(2)21(23)25-22(3,4)14-24-20-11-7-10-18-12-16-8-5-6-9-17(16)13-19(18)20/h5-13H,1,14H2,2-4H3. The molecule has 0 bridgehead atoms. The van der Waals surface area contributed by atoms with Gasteiger partial charge in [0, 0.05) is 11.0 Å². The zero-order valence-electron chi connectivity index (χ0n) is 14.8. The van der Waals surface area contributed by atoms with Crippen LogP contribution in [0.4, 0.5) is 0 Å². The largest absolute Gasteiger partial charge is 0.489 e. The van der Waals surface area contributed by atoms with E-state index >= 15 is 0 Å². The molecule has 3 heteroatoms. The zero-order valence-corrected chi connectivity index (χ0v) is 14.8. The van der Waals surface area contributed by atoms with E-state index in [1.165, 1.54) is 10.8 Å². The number of ether oxygens (including phenoxy) is 2. The summed E-state index contributed by atoms with van der Waals surface area (Å²) in [4.78, 5) is 11.8. The SMILES string of the molecule is C=C(C)C(=O)OC(C)(C)COc1cccc2cc3ccccc3cc12. The molecular formula is C22H22O3. The first kappa shape index (κ1) is 17.0. The Balaban J connectivity index is 1.87. The summed E-state index contributed by atoms with van der Waals surface area (Å²) >= 11 is 0. The lowest BCUT2D eigenvalue weighted by atomic mass is 10.0. The van der Waals surface area contributed by atoms with Crippen LogP contribution in [0, 0.1) is 0 Å². The molecule has 0 radical (unpaired) electrons. The highest BCUT2D eigenvalue weighted by atomic mass is 16.6. The summed E-state index contributed by atoms with van der Waals surface area (Å²) in [6.45, 7) is 9.16. The van der Waals surface area contributed by atoms with E-state index in [1.807, 2.05) is 38.1 Å². The van der Waals surface area contributed by atoms with Gasteiger partial charge in [-0.2, -0.15) is 0 Å². The summed E-state index contributed by atoms with van der Waals surface area (Å²) < 4.78 is 11.4. The van der Waals surface area contributed by atoms with Crippen LogP contribution >= 0.6 is 0 Å². The highest BCUT2D eigenvalue weighted by Crippen LogP contribution is 2.30. The summed E-state index contributed by atoms with van der Waals surface area (Å²) in [6, 6.07) is 18.5. The van der Waals surface area contributed by atoms with E-state index in [4.69, 9.17) is 9.47 Å². The smallest absolute Gasteiger partial charge is 0.333 e. The lowest BCUT2D eigenvalue weighted by Gasteiger charge is -2.25. The van der Waals surface area contributed by atoms with Gasteiger partial charge in [0.1, 0.15) is 18.0 Å². The maximum atomic E-state index is 11.8. The third-order valence-corrected chi connectivity index (χ3v) is 4.00. The summed E-state index contributed by atoms with van der Waals surface area (Å²) in [7, 11) is 0. The molecule has 25 heavy (non-hydrogen) atoms. The fourth-order valence-electron chi connectivity index (χ4n) is 2.68. The fraction of sp³-hybridized carbons (Fsp3) is 0.227. The van der Waals surface area contributed by atoms with Gasteiger partial charge in [-0.15, -0.1) is 0 Å². The zero-order chi connectivity index (χ0) is 18.0. The maximum Gasteiger partial charge on any atom is 0.333 e. The first-order valence-corrected chi connectivity index (χ1v) is 8.29. The van der Waals surface area contributed by atoms with Crippen LogP contribution in [0.3, 0.4) is 0 Å². The first-order chi connectivity index (χ1) is 11.9.